The highest BCUT2D eigenvalue weighted by atomic mass is 35.5. The minimum absolute atomic E-state index is 0.000517. The molecule has 0 aromatic carbocycles. The normalized spacial score (nSPS) is 19.3. The monoisotopic (exact) mass is 545 g/mol. The van der Waals surface area contributed by atoms with Gasteiger partial charge in [-0.3, -0.25) is 14.3 Å². The summed E-state index contributed by atoms with van der Waals surface area (Å²) in [4.78, 5) is 32.0. The number of carboxylic acid groups (broad SMARTS) is 1. The lowest BCUT2D eigenvalue weighted by Gasteiger charge is -2.29. The van der Waals surface area contributed by atoms with Gasteiger partial charge in [0.05, 0.1) is 29.7 Å². The first-order chi connectivity index (χ1) is 18.4. The Morgan fingerprint density at radius 1 is 1.05 bits per heavy atom. The largest absolute Gasteiger partial charge is 0.480 e. The lowest BCUT2D eigenvalue weighted by molar-refractivity contribution is -0.136. The summed E-state index contributed by atoms with van der Waals surface area (Å²) in [6.45, 7) is 0.698. The first-order valence-corrected chi connectivity index (χ1v) is 14.3. The molecule has 2 fully saturated rings. The van der Waals surface area contributed by atoms with E-state index in [1.165, 1.54) is 18.5 Å². The maximum absolute atomic E-state index is 12.4. The second-order valence-electron chi connectivity index (χ2n) is 10.7. The van der Waals surface area contributed by atoms with Crippen LogP contribution in [0.1, 0.15) is 76.3 Å². The molecule has 2 aromatic rings. The van der Waals surface area contributed by atoms with E-state index in [-0.39, 0.29) is 24.5 Å². The Balaban J connectivity index is 1.17. The smallest absolute Gasteiger partial charge is 0.317 e. The van der Waals surface area contributed by atoms with Gasteiger partial charge in [-0.05, 0) is 70.3 Å². The van der Waals surface area contributed by atoms with E-state index in [0.29, 0.717) is 23.9 Å². The van der Waals surface area contributed by atoms with E-state index in [1.54, 1.807) is 6.20 Å². The van der Waals surface area contributed by atoms with E-state index in [4.69, 9.17) is 21.7 Å². The molecule has 0 aliphatic heterocycles. The Labute approximate surface area is 229 Å². The third-order valence-corrected chi connectivity index (χ3v) is 7.73. The number of nitrogens with zero attached hydrogens (tertiary/aromatic N) is 4. The minimum atomic E-state index is -0.836. The van der Waals surface area contributed by atoms with E-state index in [0.717, 1.165) is 75.0 Å². The molecule has 4 N–H and O–H groups in total. The Hall–Kier alpha value is -2.72. The highest BCUT2D eigenvalue weighted by Crippen LogP contribution is 2.37. The highest BCUT2D eigenvalue weighted by molar-refractivity contribution is 6.32. The van der Waals surface area contributed by atoms with E-state index in [2.05, 4.69) is 26.0 Å². The summed E-state index contributed by atoms with van der Waals surface area (Å²) in [6.07, 6.45) is 15.1. The molecule has 0 atom stereocenters. The summed E-state index contributed by atoms with van der Waals surface area (Å²) in [5, 5.41) is 23.1. The predicted octanol–water partition coefficient (Wildman–Crippen LogP) is 3.95. The second kappa shape index (κ2) is 13.9. The van der Waals surface area contributed by atoms with Gasteiger partial charge in [-0.1, -0.05) is 24.4 Å². The van der Waals surface area contributed by atoms with Crippen molar-refractivity contribution in [1.29, 1.82) is 0 Å². The van der Waals surface area contributed by atoms with Gasteiger partial charge in [0.1, 0.15) is 0 Å². The molecule has 0 radical (unpaired) electrons. The van der Waals surface area contributed by atoms with Crippen LogP contribution in [0.15, 0.2) is 12.4 Å². The number of hydrogen-bond acceptors (Lipinski definition) is 7. The Bertz CT molecular complexity index is 1080. The first kappa shape index (κ1) is 28.3. The van der Waals surface area contributed by atoms with Crippen molar-refractivity contribution in [2.75, 3.05) is 18.4 Å². The zero-order chi connectivity index (χ0) is 26.9. The molecular weight excluding hydrogens is 506 g/mol. The van der Waals surface area contributed by atoms with Gasteiger partial charge in [0.25, 0.3) is 0 Å². The molecule has 0 saturated heterocycles. The van der Waals surface area contributed by atoms with Crippen molar-refractivity contribution in [2.45, 2.75) is 89.1 Å². The van der Waals surface area contributed by atoms with Crippen molar-refractivity contribution in [3.05, 3.63) is 23.1 Å². The first-order valence-electron chi connectivity index (χ1n) is 13.9. The van der Waals surface area contributed by atoms with Crippen LogP contribution in [0.5, 0.6) is 0 Å². The number of aliphatic carboxylic acids is 1. The number of rotatable bonds is 15. The van der Waals surface area contributed by atoms with Gasteiger partial charge in [-0.25, -0.2) is 9.97 Å². The molecule has 2 aliphatic carbocycles. The van der Waals surface area contributed by atoms with Gasteiger partial charge in [0, 0.05) is 36.8 Å². The van der Waals surface area contributed by atoms with E-state index in [9.17, 15) is 9.59 Å². The quantitative estimate of drug-likeness (QED) is 0.247. The molecule has 0 spiro atoms. The van der Waals surface area contributed by atoms with Crippen LogP contribution in [0, 0.1) is 5.92 Å². The molecule has 0 unspecified atom stereocenters. The van der Waals surface area contributed by atoms with E-state index < -0.39 is 5.97 Å². The van der Waals surface area contributed by atoms with Crippen LogP contribution < -0.4 is 16.0 Å². The fourth-order valence-corrected chi connectivity index (χ4v) is 5.27. The summed E-state index contributed by atoms with van der Waals surface area (Å²) in [5.41, 5.74) is 2.88. The zero-order valence-corrected chi connectivity index (χ0v) is 23.0. The second-order valence-corrected chi connectivity index (χ2v) is 11.1. The fourth-order valence-electron chi connectivity index (χ4n) is 5.07. The number of carbonyl (C=O) groups excluding carboxylic acids is 1. The van der Waals surface area contributed by atoms with E-state index >= 15 is 0 Å². The number of halogens is 1. The summed E-state index contributed by atoms with van der Waals surface area (Å²) in [6, 6.07) is 0.467. The molecule has 0 bridgehead atoms. The number of aryl methyl sites for hydroxylation is 1. The average Bonchev–Trinajstić information content (AvgIpc) is 3.64. The number of hydrogen-bond donors (Lipinski definition) is 4. The van der Waals surface area contributed by atoms with Crippen molar-refractivity contribution in [2.24, 2.45) is 13.0 Å². The van der Waals surface area contributed by atoms with Crippen LogP contribution in [-0.4, -0.2) is 61.9 Å². The third-order valence-electron chi connectivity index (χ3n) is 7.45. The van der Waals surface area contributed by atoms with Crippen LogP contribution in [0.2, 0.25) is 5.02 Å². The lowest BCUT2D eigenvalue weighted by atomic mass is 9.91. The number of carbonyl (C=O) groups is 2. The molecule has 10 nitrogen and oxygen atoms in total. The summed E-state index contributed by atoms with van der Waals surface area (Å²) in [5.74, 6) is 0.598. The number of aromatic nitrogens is 4. The zero-order valence-electron chi connectivity index (χ0n) is 22.2. The number of nitrogens with one attached hydrogen (secondary N) is 3. The van der Waals surface area contributed by atoms with Gasteiger partial charge in [0.2, 0.25) is 11.9 Å². The molecule has 4 rings (SSSR count). The molecule has 2 aromatic heterocycles. The lowest BCUT2D eigenvalue weighted by Crippen LogP contribution is -2.40. The molecule has 38 heavy (non-hydrogen) atoms. The van der Waals surface area contributed by atoms with E-state index in [1.807, 2.05) is 17.9 Å². The van der Waals surface area contributed by atoms with Crippen molar-refractivity contribution >= 4 is 29.4 Å². The summed E-state index contributed by atoms with van der Waals surface area (Å²) < 4.78 is 1.93. The van der Waals surface area contributed by atoms with Crippen molar-refractivity contribution < 1.29 is 14.7 Å². The van der Waals surface area contributed by atoms with Crippen molar-refractivity contribution in [3.63, 3.8) is 0 Å². The fraction of sp³-hybridized carbons (Fsp3) is 0.667. The van der Waals surface area contributed by atoms with Crippen LogP contribution >= 0.6 is 11.6 Å². The highest BCUT2D eigenvalue weighted by Gasteiger charge is 2.27. The molecule has 11 heteroatoms. The Morgan fingerprint density at radius 3 is 2.53 bits per heavy atom. The topological polar surface area (TPSA) is 134 Å². The van der Waals surface area contributed by atoms with Gasteiger partial charge >= 0.3 is 5.97 Å². The minimum Gasteiger partial charge on any atom is -0.480 e. The summed E-state index contributed by atoms with van der Waals surface area (Å²) in [7, 11) is 1.97. The predicted molar refractivity (Wildman–Crippen MR) is 147 cm³/mol. The third kappa shape index (κ3) is 8.66. The van der Waals surface area contributed by atoms with Gasteiger partial charge in [-0.2, -0.15) is 5.10 Å². The molecule has 1 amide bonds. The van der Waals surface area contributed by atoms with Crippen LogP contribution in [0.25, 0.3) is 11.3 Å². The molecule has 2 heterocycles. The summed E-state index contributed by atoms with van der Waals surface area (Å²) >= 11 is 6.51. The number of amides is 1. The Kier molecular flexibility index (Phi) is 10.3. The number of anilines is 1. The molecule has 208 valence electrons. The maximum atomic E-state index is 12.4. The molecule has 2 saturated carbocycles. The number of unbranched alkanes of at least 4 members (excludes halogenated alkanes) is 3. The molecular formula is C27H40ClN7O3. The van der Waals surface area contributed by atoms with Gasteiger partial charge in [-0.15, -0.1) is 0 Å². The van der Waals surface area contributed by atoms with Gasteiger partial charge in [0.15, 0.2) is 0 Å². The van der Waals surface area contributed by atoms with Crippen molar-refractivity contribution in [3.8, 4) is 11.3 Å². The number of carboxylic acids is 1. The SMILES string of the molecule is Cn1ncc(-c2nc(NC3CCC(NC(=O)CCCCCCNCC(=O)O)CC3)ncc2Cl)c1CC1CC1. The maximum Gasteiger partial charge on any atom is 0.317 e. The van der Waals surface area contributed by atoms with Crippen molar-refractivity contribution in [1.82, 2.24) is 30.4 Å². The van der Waals surface area contributed by atoms with Gasteiger partial charge < -0.3 is 21.1 Å². The standard InChI is InChI=1S/C27H40ClN7O3/c1-35-23(14-18-7-8-18)21(15-31-35)26-22(28)16-30-27(34-26)33-20-11-9-19(10-12-20)32-24(36)6-4-2-3-5-13-29-17-25(37)38/h15-16,18-20,29H,2-14,17H2,1H3,(H,32,36)(H,37,38)(H,30,33,34). The van der Waals surface area contributed by atoms with Crippen LogP contribution in [0.4, 0.5) is 5.95 Å². The average molecular weight is 546 g/mol. The van der Waals surface area contributed by atoms with Crippen LogP contribution in [0.3, 0.4) is 0 Å². The van der Waals surface area contributed by atoms with Crippen LogP contribution in [-0.2, 0) is 23.1 Å². The Morgan fingerprint density at radius 2 is 1.79 bits per heavy atom. The molecule has 2 aliphatic rings.